The predicted octanol–water partition coefficient (Wildman–Crippen LogP) is 5.65. The maximum Gasteiger partial charge on any atom is 0.407 e. The third kappa shape index (κ3) is 4.56. The lowest BCUT2D eigenvalue weighted by atomic mass is 9.80. The van der Waals surface area contributed by atoms with Crippen LogP contribution >= 0.6 is 0 Å². The van der Waals surface area contributed by atoms with Gasteiger partial charge in [0.1, 0.15) is 5.65 Å². The monoisotopic (exact) mass is 595 g/mol. The van der Waals surface area contributed by atoms with Crippen molar-refractivity contribution in [1.29, 1.82) is 0 Å². The molecular weight excluding hydrogens is 558 g/mol. The van der Waals surface area contributed by atoms with Gasteiger partial charge in [-0.3, -0.25) is 14.3 Å². The van der Waals surface area contributed by atoms with Gasteiger partial charge < -0.3 is 20.4 Å². The van der Waals surface area contributed by atoms with E-state index in [0.29, 0.717) is 12.2 Å². The van der Waals surface area contributed by atoms with Crippen LogP contribution in [0.5, 0.6) is 0 Å². The van der Waals surface area contributed by atoms with Crippen LogP contribution in [0.3, 0.4) is 0 Å². The lowest BCUT2D eigenvalue weighted by Crippen LogP contribution is -2.55. The Morgan fingerprint density at radius 2 is 1.93 bits per heavy atom. The van der Waals surface area contributed by atoms with E-state index >= 15 is 0 Å². The van der Waals surface area contributed by atoms with Gasteiger partial charge in [0, 0.05) is 65.7 Å². The van der Waals surface area contributed by atoms with Crippen LogP contribution in [-0.2, 0) is 18.3 Å². The smallest absolute Gasteiger partial charge is 0.407 e. The molecule has 3 N–H and O–H groups in total. The number of amides is 3. The van der Waals surface area contributed by atoms with E-state index in [1.807, 2.05) is 48.3 Å². The van der Waals surface area contributed by atoms with E-state index in [2.05, 4.69) is 57.9 Å². The van der Waals surface area contributed by atoms with E-state index in [1.54, 1.807) is 4.68 Å². The normalized spacial score (nSPS) is 20.3. The first-order chi connectivity index (χ1) is 21.2. The number of hydrogen-bond donors (Lipinski definition) is 3. The standard InChI is InChI=1S/C32H37N9O3/c1-18(2)41-24-7-6-19(12-20(24)15-36-41)25-26-28-21(13-33-29(26)37-27(25)22-16-35-39(4)17-22)14-34-30(42)40(28)23-8-10-32(3,11-9-23)38-31(43)44-5/h6-7,12-13,15-18,23H,8-11,14H2,1-5H3,(H,33,37)(H,34,42)(H,38,43). The number of carbonyl (C=O) groups excluding carboxylic acids is 2. The van der Waals surface area contributed by atoms with Crippen molar-refractivity contribution in [3.63, 3.8) is 0 Å². The van der Waals surface area contributed by atoms with Crippen molar-refractivity contribution in [1.82, 2.24) is 40.2 Å². The molecule has 2 aliphatic rings. The van der Waals surface area contributed by atoms with E-state index in [-0.39, 0.29) is 18.1 Å². The van der Waals surface area contributed by atoms with Crippen molar-refractivity contribution in [2.75, 3.05) is 12.0 Å². The molecule has 7 rings (SSSR count). The number of ether oxygens (including phenoxy) is 1. The lowest BCUT2D eigenvalue weighted by Gasteiger charge is -2.43. The van der Waals surface area contributed by atoms with E-state index in [0.717, 1.165) is 75.6 Å². The number of aromatic amines is 1. The van der Waals surface area contributed by atoms with Gasteiger partial charge in [-0.05, 0) is 64.2 Å². The molecule has 1 aromatic carbocycles. The molecule has 5 heterocycles. The number of benzene rings is 1. The molecule has 44 heavy (non-hydrogen) atoms. The molecule has 228 valence electrons. The molecule has 1 fully saturated rings. The number of anilines is 1. The molecule has 0 saturated heterocycles. The van der Waals surface area contributed by atoms with Gasteiger partial charge >= 0.3 is 12.1 Å². The summed E-state index contributed by atoms with van der Waals surface area (Å²) in [7, 11) is 3.28. The highest BCUT2D eigenvalue weighted by Gasteiger charge is 2.40. The minimum atomic E-state index is -0.435. The maximum atomic E-state index is 13.7. The minimum Gasteiger partial charge on any atom is -0.453 e. The average Bonchev–Trinajstić information content (AvgIpc) is 3.73. The summed E-state index contributed by atoms with van der Waals surface area (Å²) >= 11 is 0. The molecule has 1 aliphatic carbocycles. The largest absolute Gasteiger partial charge is 0.453 e. The number of carbonyl (C=O) groups is 2. The molecule has 0 bridgehead atoms. The number of aromatic nitrogens is 6. The van der Waals surface area contributed by atoms with Crippen LogP contribution < -0.4 is 15.5 Å². The highest BCUT2D eigenvalue weighted by Crippen LogP contribution is 2.46. The predicted molar refractivity (Wildman–Crippen MR) is 168 cm³/mol. The van der Waals surface area contributed by atoms with Gasteiger partial charge in [-0.25, -0.2) is 14.6 Å². The van der Waals surface area contributed by atoms with Gasteiger partial charge in [-0.1, -0.05) is 6.07 Å². The Morgan fingerprint density at radius 1 is 1.14 bits per heavy atom. The van der Waals surface area contributed by atoms with Crippen molar-refractivity contribution in [2.45, 2.75) is 70.6 Å². The maximum absolute atomic E-state index is 13.7. The molecule has 3 amide bonds. The number of fused-ring (bicyclic) bond motifs is 4. The Hall–Kier alpha value is -4.87. The summed E-state index contributed by atoms with van der Waals surface area (Å²) in [5.41, 5.74) is 7.04. The van der Waals surface area contributed by atoms with Gasteiger partial charge in [-0.15, -0.1) is 0 Å². The van der Waals surface area contributed by atoms with Crippen molar-refractivity contribution in [3.05, 3.63) is 48.5 Å². The summed E-state index contributed by atoms with van der Waals surface area (Å²) in [6, 6.07) is 6.48. The van der Waals surface area contributed by atoms with Crippen molar-refractivity contribution in [3.8, 4) is 22.4 Å². The van der Waals surface area contributed by atoms with Gasteiger partial charge in [0.25, 0.3) is 0 Å². The molecule has 0 atom stereocenters. The molecule has 0 spiro atoms. The second-order valence-electron chi connectivity index (χ2n) is 12.5. The zero-order chi connectivity index (χ0) is 30.7. The Morgan fingerprint density at radius 3 is 2.64 bits per heavy atom. The van der Waals surface area contributed by atoms with Crippen LogP contribution in [0.4, 0.5) is 15.3 Å². The van der Waals surface area contributed by atoms with Crippen LogP contribution in [0.1, 0.15) is 58.1 Å². The summed E-state index contributed by atoms with van der Waals surface area (Å²) in [4.78, 5) is 36.1. The van der Waals surface area contributed by atoms with Gasteiger partial charge in [0.05, 0.1) is 41.8 Å². The van der Waals surface area contributed by atoms with E-state index in [1.165, 1.54) is 7.11 Å². The van der Waals surface area contributed by atoms with Gasteiger partial charge in [0.15, 0.2) is 0 Å². The Bertz CT molecular complexity index is 1910. The number of hydrogen-bond acceptors (Lipinski definition) is 6. The fourth-order valence-electron chi connectivity index (χ4n) is 6.88. The van der Waals surface area contributed by atoms with Crippen molar-refractivity contribution in [2.24, 2.45) is 7.05 Å². The first kappa shape index (κ1) is 27.9. The van der Waals surface area contributed by atoms with Crippen LogP contribution in [0.2, 0.25) is 0 Å². The molecule has 0 radical (unpaired) electrons. The van der Waals surface area contributed by atoms with Gasteiger partial charge in [0.2, 0.25) is 0 Å². The topological polar surface area (TPSA) is 135 Å². The minimum absolute atomic E-state index is 0.0523. The molecule has 4 aromatic heterocycles. The zero-order valence-electron chi connectivity index (χ0n) is 25.6. The quantitative estimate of drug-likeness (QED) is 0.240. The Labute approximate surface area is 254 Å². The first-order valence-corrected chi connectivity index (χ1v) is 15.1. The van der Waals surface area contributed by atoms with E-state index < -0.39 is 11.6 Å². The average molecular weight is 596 g/mol. The zero-order valence-corrected chi connectivity index (χ0v) is 25.6. The molecule has 12 nitrogen and oxygen atoms in total. The number of rotatable bonds is 5. The number of nitrogens with zero attached hydrogens (tertiary/aromatic N) is 6. The van der Waals surface area contributed by atoms with Crippen LogP contribution in [0.25, 0.3) is 44.3 Å². The number of H-pyrrole nitrogens is 1. The number of urea groups is 1. The van der Waals surface area contributed by atoms with Crippen LogP contribution in [0, 0.1) is 0 Å². The Balaban J connectivity index is 1.40. The molecule has 12 heteroatoms. The molecule has 0 unspecified atom stereocenters. The molecule has 5 aromatic rings. The first-order valence-electron chi connectivity index (χ1n) is 15.1. The number of aryl methyl sites for hydroxylation is 1. The van der Waals surface area contributed by atoms with Crippen LogP contribution in [0.15, 0.2) is 43.0 Å². The third-order valence-electron chi connectivity index (χ3n) is 9.14. The number of methoxy groups -OCH3 is 1. The number of alkyl carbamates (subject to hydrolysis) is 1. The van der Waals surface area contributed by atoms with Crippen LogP contribution in [-0.4, -0.2) is 60.3 Å². The summed E-state index contributed by atoms with van der Waals surface area (Å²) in [5, 5.41) is 17.1. The number of nitrogens with one attached hydrogen (secondary N) is 3. The second kappa shape index (κ2) is 10.4. The van der Waals surface area contributed by atoms with E-state index in [9.17, 15) is 9.59 Å². The van der Waals surface area contributed by atoms with E-state index in [4.69, 9.17) is 9.72 Å². The highest BCUT2D eigenvalue weighted by molar-refractivity contribution is 6.14. The highest BCUT2D eigenvalue weighted by atomic mass is 16.5. The second-order valence-corrected chi connectivity index (χ2v) is 12.5. The fraction of sp³-hybridized carbons (Fsp3) is 0.406. The van der Waals surface area contributed by atoms with Gasteiger partial charge in [-0.2, -0.15) is 10.2 Å². The Kier molecular flexibility index (Phi) is 6.60. The summed E-state index contributed by atoms with van der Waals surface area (Å²) < 4.78 is 8.67. The summed E-state index contributed by atoms with van der Waals surface area (Å²) in [6.07, 6.45) is 10.1. The lowest BCUT2D eigenvalue weighted by molar-refractivity contribution is 0.145. The SMILES string of the molecule is COC(=O)NC1(C)CCC(N2C(=O)NCc3cnc4[nH]c(-c5cnn(C)c5)c(-c5ccc6c(cnn6C(C)C)c5)c4c32)CC1. The van der Waals surface area contributed by atoms with Crippen molar-refractivity contribution >= 4 is 39.7 Å². The van der Waals surface area contributed by atoms with Crippen molar-refractivity contribution < 1.29 is 14.3 Å². The summed E-state index contributed by atoms with van der Waals surface area (Å²) in [5.74, 6) is 0. The molecule has 1 aliphatic heterocycles. The molecule has 1 saturated carbocycles. The third-order valence-corrected chi connectivity index (χ3v) is 9.14. The summed E-state index contributed by atoms with van der Waals surface area (Å²) in [6.45, 7) is 6.68. The molecular formula is C32H37N9O3. The fourth-order valence-corrected chi connectivity index (χ4v) is 6.88. The number of pyridine rings is 1.